The van der Waals surface area contributed by atoms with Gasteiger partial charge in [-0.2, -0.15) is 11.8 Å². The first-order chi connectivity index (χ1) is 8.61. The van der Waals surface area contributed by atoms with Gasteiger partial charge in [-0.3, -0.25) is 10.1 Å². The van der Waals surface area contributed by atoms with Crippen molar-refractivity contribution in [3.8, 4) is 0 Å². The second-order valence-electron chi connectivity index (χ2n) is 4.33. The summed E-state index contributed by atoms with van der Waals surface area (Å²) in [6.45, 7) is 4.23. The number of rotatable bonds is 3. The van der Waals surface area contributed by atoms with E-state index >= 15 is 0 Å². The number of hydrogen-bond donors (Lipinski definition) is 0. The first kappa shape index (κ1) is 13.7. The summed E-state index contributed by atoms with van der Waals surface area (Å²) in [6.07, 6.45) is 0. The smallest absolute Gasteiger partial charge is 0.273 e. The standard InChI is InChI=1S/C12H15BrN2O2S/c1-9-8-14(4-5-18-9)11-2-3-12(15(16)17)10(6-11)7-13/h2-3,6,9H,4-5,7-8H2,1H3. The molecule has 0 spiro atoms. The van der Waals surface area contributed by atoms with Crippen molar-refractivity contribution in [2.24, 2.45) is 0 Å². The summed E-state index contributed by atoms with van der Waals surface area (Å²) < 4.78 is 0. The lowest BCUT2D eigenvalue weighted by Gasteiger charge is -2.32. The fourth-order valence-corrected chi connectivity index (χ4v) is 3.57. The predicted molar refractivity (Wildman–Crippen MR) is 79.9 cm³/mol. The summed E-state index contributed by atoms with van der Waals surface area (Å²) in [5, 5.41) is 12.0. The lowest BCUT2D eigenvalue weighted by Crippen LogP contribution is -2.36. The third-order valence-electron chi connectivity index (χ3n) is 3.01. The number of benzene rings is 1. The van der Waals surface area contributed by atoms with Crippen LogP contribution in [0.2, 0.25) is 0 Å². The second-order valence-corrected chi connectivity index (χ2v) is 6.44. The van der Waals surface area contributed by atoms with Crippen molar-refractivity contribution < 1.29 is 4.92 Å². The molecular formula is C12H15BrN2O2S. The number of alkyl halides is 1. The van der Waals surface area contributed by atoms with Gasteiger partial charge in [0.15, 0.2) is 0 Å². The maximum Gasteiger partial charge on any atom is 0.273 e. The number of thioether (sulfide) groups is 1. The molecule has 1 aliphatic heterocycles. The van der Waals surface area contributed by atoms with Crippen LogP contribution in [-0.4, -0.2) is 29.0 Å². The number of nitrogens with zero attached hydrogens (tertiary/aromatic N) is 2. The summed E-state index contributed by atoms with van der Waals surface area (Å²) in [6, 6.07) is 5.39. The van der Waals surface area contributed by atoms with Crippen molar-refractivity contribution in [1.82, 2.24) is 0 Å². The summed E-state index contributed by atoms with van der Waals surface area (Å²) >= 11 is 5.29. The normalized spacial score (nSPS) is 19.9. The Morgan fingerprint density at radius 1 is 1.61 bits per heavy atom. The molecule has 0 aliphatic carbocycles. The van der Waals surface area contributed by atoms with E-state index in [1.54, 1.807) is 6.07 Å². The average molecular weight is 331 g/mol. The van der Waals surface area contributed by atoms with Crippen molar-refractivity contribution in [2.75, 3.05) is 23.7 Å². The first-order valence-electron chi connectivity index (χ1n) is 5.81. The van der Waals surface area contributed by atoms with E-state index in [9.17, 15) is 10.1 Å². The molecule has 1 aromatic rings. The molecule has 18 heavy (non-hydrogen) atoms. The van der Waals surface area contributed by atoms with Gasteiger partial charge in [-0.15, -0.1) is 0 Å². The van der Waals surface area contributed by atoms with Crippen LogP contribution in [-0.2, 0) is 5.33 Å². The number of nitro benzene ring substituents is 1. The fraction of sp³-hybridized carbons (Fsp3) is 0.500. The summed E-state index contributed by atoms with van der Waals surface area (Å²) in [7, 11) is 0. The monoisotopic (exact) mass is 330 g/mol. The van der Waals surface area contributed by atoms with E-state index < -0.39 is 0 Å². The number of anilines is 1. The van der Waals surface area contributed by atoms with Crippen LogP contribution >= 0.6 is 27.7 Å². The lowest BCUT2D eigenvalue weighted by molar-refractivity contribution is -0.385. The van der Waals surface area contributed by atoms with Crippen molar-refractivity contribution in [2.45, 2.75) is 17.5 Å². The Morgan fingerprint density at radius 3 is 3.00 bits per heavy atom. The van der Waals surface area contributed by atoms with E-state index in [1.165, 1.54) is 0 Å². The molecule has 0 saturated carbocycles. The van der Waals surface area contributed by atoms with Crippen molar-refractivity contribution >= 4 is 39.1 Å². The van der Waals surface area contributed by atoms with Crippen LogP contribution in [0.4, 0.5) is 11.4 Å². The molecule has 1 atom stereocenters. The molecule has 1 fully saturated rings. The van der Waals surface area contributed by atoms with Gasteiger partial charge in [-0.05, 0) is 12.1 Å². The van der Waals surface area contributed by atoms with Gasteiger partial charge in [0.1, 0.15) is 0 Å². The molecule has 1 aromatic carbocycles. The quantitative estimate of drug-likeness (QED) is 0.484. The highest BCUT2D eigenvalue weighted by molar-refractivity contribution is 9.08. The average Bonchev–Trinajstić information content (AvgIpc) is 2.37. The van der Waals surface area contributed by atoms with Gasteiger partial charge in [0.25, 0.3) is 5.69 Å². The summed E-state index contributed by atoms with van der Waals surface area (Å²) in [5.74, 6) is 1.11. The Morgan fingerprint density at radius 2 is 2.39 bits per heavy atom. The van der Waals surface area contributed by atoms with Crippen molar-refractivity contribution in [3.05, 3.63) is 33.9 Å². The molecule has 1 unspecified atom stereocenters. The maximum absolute atomic E-state index is 10.9. The molecule has 4 nitrogen and oxygen atoms in total. The van der Waals surface area contributed by atoms with Crippen LogP contribution in [0.5, 0.6) is 0 Å². The Kier molecular flexibility index (Phi) is 4.50. The molecule has 0 radical (unpaired) electrons. The molecule has 0 aromatic heterocycles. The van der Waals surface area contributed by atoms with Gasteiger partial charge in [-0.1, -0.05) is 22.9 Å². The highest BCUT2D eigenvalue weighted by Gasteiger charge is 2.20. The SMILES string of the molecule is CC1CN(c2ccc([N+](=O)[O-])c(CBr)c2)CCS1. The zero-order chi connectivity index (χ0) is 13.1. The third kappa shape index (κ3) is 2.98. The maximum atomic E-state index is 10.9. The van der Waals surface area contributed by atoms with E-state index in [4.69, 9.17) is 0 Å². The molecule has 1 aliphatic rings. The molecule has 0 N–H and O–H groups in total. The predicted octanol–water partition coefficient (Wildman–Crippen LogP) is 3.43. The number of nitro groups is 1. The Bertz CT molecular complexity index is 456. The van der Waals surface area contributed by atoms with Gasteiger partial charge in [0.05, 0.1) is 4.92 Å². The lowest BCUT2D eigenvalue weighted by atomic mass is 10.1. The van der Waals surface area contributed by atoms with Crippen molar-refractivity contribution in [3.63, 3.8) is 0 Å². The van der Waals surface area contributed by atoms with E-state index in [0.29, 0.717) is 10.6 Å². The van der Waals surface area contributed by atoms with E-state index in [2.05, 4.69) is 27.8 Å². The summed E-state index contributed by atoms with van der Waals surface area (Å²) in [4.78, 5) is 12.9. The topological polar surface area (TPSA) is 46.4 Å². The van der Waals surface area contributed by atoms with Gasteiger partial charge < -0.3 is 4.90 Å². The van der Waals surface area contributed by atoms with Crippen LogP contribution in [0, 0.1) is 10.1 Å². The second kappa shape index (κ2) is 5.93. The van der Waals surface area contributed by atoms with E-state index in [0.717, 1.165) is 30.1 Å². The van der Waals surface area contributed by atoms with Gasteiger partial charge >= 0.3 is 0 Å². The highest BCUT2D eigenvalue weighted by atomic mass is 79.9. The zero-order valence-corrected chi connectivity index (χ0v) is 12.5. The molecule has 1 saturated heterocycles. The third-order valence-corrected chi connectivity index (χ3v) is 4.75. The number of halogens is 1. The molecule has 6 heteroatoms. The molecule has 0 amide bonds. The molecule has 0 bridgehead atoms. The van der Waals surface area contributed by atoms with Crippen molar-refractivity contribution in [1.29, 1.82) is 0 Å². The Labute approximate surface area is 119 Å². The summed E-state index contributed by atoms with van der Waals surface area (Å²) in [5.41, 5.74) is 2.01. The number of hydrogen-bond acceptors (Lipinski definition) is 4. The minimum Gasteiger partial charge on any atom is -0.370 e. The molecular weight excluding hydrogens is 316 g/mol. The minimum atomic E-state index is -0.324. The largest absolute Gasteiger partial charge is 0.370 e. The van der Waals surface area contributed by atoms with Gasteiger partial charge in [-0.25, -0.2) is 0 Å². The molecule has 2 rings (SSSR count). The van der Waals surface area contributed by atoms with Crippen LogP contribution < -0.4 is 4.90 Å². The zero-order valence-electron chi connectivity index (χ0n) is 10.1. The fourth-order valence-electron chi connectivity index (χ4n) is 2.11. The minimum absolute atomic E-state index is 0.190. The molecule has 98 valence electrons. The first-order valence-corrected chi connectivity index (χ1v) is 7.98. The van der Waals surface area contributed by atoms with E-state index in [1.807, 2.05) is 23.9 Å². The Hall–Kier alpha value is -0.750. The van der Waals surface area contributed by atoms with Crippen LogP contribution in [0.1, 0.15) is 12.5 Å². The van der Waals surface area contributed by atoms with E-state index in [-0.39, 0.29) is 10.6 Å². The van der Waals surface area contributed by atoms with Crippen LogP contribution in [0.25, 0.3) is 0 Å². The van der Waals surface area contributed by atoms with Gasteiger partial charge in [0.2, 0.25) is 0 Å². The Balaban J connectivity index is 2.26. The van der Waals surface area contributed by atoms with Crippen LogP contribution in [0.3, 0.4) is 0 Å². The van der Waals surface area contributed by atoms with Crippen LogP contribution in [0.15, 0.2) is 18.2 Å². The molecule has 1 heterocycles. The highest BCUT2D eigenvalue weighted by Crippen LogP contribution is 2.29. The van der Waals surface area contributed by atoms with Gasteiger partial charge in [0, 0.05) is 46.7 Å².